The summed E-state index contributed by atoms with van der Waals surface area (Å²) in [6.45, 7) is 2.61. The number of rotatable bonds is 6. The average Bonchev–Trinajstić information content (AvgIpc) is 2.69. The molecule has 1 aliphatic carbocycles. The van der Waals surface area contributed by atoms with Crippen molar-refractivity contribution in [2.45, 2.75) is 56.6 Å². The summed E-state index contributed by atoms with van der Waals surface area (Å²) in [5, 5.41) is 6.95. The molecule has 1 saturated heterocycles. The van der Waals surface area contributed by atoms with Gasteiger partial charge in [-0.25, -0.2) is 0 Å². The van der Waals surface area contributed by atoms with E-state index in [2.05, 4.69) is 29.6 Å². The van der Waals surface area contributed by atoms with Crippen LogP contribution in [0.1, 0.15) is 55.3 Å². The molecule has 1 saturated carbocycles. The minimum Gasteiger partial charge on any atom is -0.489 e. The number of ether oxygens (including phenoxy) is 1. The summed E-state index contributed by atoms with van der Waals surface area (Å²) in [5.74, 6) is 0.592. The molecule has 1 aromatic rings. The Hall–Kier alpha value is -1.30. The summed E-state index contributed by atoms with van der Waals surface area (Å²) in [5.41, 5.74) is 0.651. The molecule has 2 aliphatic rings. The lowest BCUT2D eigenvalue weighted by Gasteiger charge is -2.43. The van der Waals surface area contributed by atoms with Crippen LogP contribution in [0.5, 0.6) is 5.75 Å². The molecular weight excluding hydrogens is 362 g/mol. The van der Waals surface area contributed by atoms with Crippen molar-refractivity contribution in [1.82, 2.24) is 15.5 Å². The van der Waals surface area contributed by atoms with Crippen molar-refractivity contribution >= 4 is 17.5 Å². The predicted molar refractivity (Wildman–Crippen MR) is 110 cm³/mol. The zero-order valence-corrected chi connectivity index (χ0v) is 17.3. The van der Waals surface area contributed by atoms with Gasteiger partial charge in [-0.3, -0.25) is 4.79 Å². The summed E-state index contributed by atoms with van der Waals surface area (Å²) in [6.07, 6.45) is 8.14. The van der Waals surface area contributed by atoms with Crippen LogP contribution in [0.15, 0.2) is 18.2 Å². The molecule has 150 valence electrons. The van der Waals surface area contributed by atoms with Crippen LogP contribution >= 0.6 is 11.6 Å². The van der Waals surface area contributed by atoms with Gasteiger partial charge in [-0.15, -0.1) is 0 Å². The second kappa shape index (κ2) is 9.26. The largest absolute Gasteiger partial charge is 0.489 e. The van der Waals surface area contributed by atoms with E-state index in [1.807, 2.05) is 6.07 Å². The molecule has 1 amide bonds. The van der Waals surface area contributed by atoms with Crippen LogP contribution in [0.4, 0.5) is 0 Å². The molecule has 0 bridgehead atoms. The first-order chi connectivity index (χ1) is 13.0. The van der Waals surface area contributed by atoms with Gasteiger partial charge in [0.2, 0.25) is 0 Å². The van der Waals surface area contributed by atoms with E-state index in [9.17, 15) is 4.79 Å². The Balaban J connectivity index is 1.60. The van der Waals surface area contributed by atoms with Crippen molar-refractivity contribution in [3.05, 3.63) is 28.8 Å². The van der Waals surface area contributed by atoms with E-state index in [0.717, 1.165) is 38.8 Å². The summed E-state index contributed by atoms with van der Waals surface area (Å²) >= 11 is 6.39. The third kappa shape index (κ3) is 5.15. The maximum absolute atomic E-state index is 12.7. The van der Waals surface area contributed by atoms with Gasteiger partial charge in [0.1, 0.15) is 11.9 Å². The zero-order valence-electron chi connectivity index (χ0n) is 16.5. The van der Waals surface area contributed by atoms with Crippen LogP contribution in [0.2, 0.25) is 5.02 Å². The standard InChI is InChI=1S/C21H32ClN3O2/c1-25(2)21(10-4-3-5-11-21)15-24-20(26)16-6-7-19(18(22)14-16)27-17-8-12-23-13-9-17/h6-7,14,17,23H,3-5,8-13,15H2,1-2H3,(H,24,26). The maximum atomic E-state index is 12.7. The number of halogens is 1. The minimum atomic E-state index is -0.0721. The van der Waals surface area contributed by atoms with Crippen molar-refractivity contribution in [2.24, 2.45) is 0 Å². The molecule has 0 radical (unpaired) electrons. The minimum absolute atomic E-state index is 0.0653. The Kier molecular flexibility index (Phi) is 7.01. The highest BCUT2D eigenvalue weighted by molar-refractivity contribution is 6.32. The van der Waals surface area contributed by atoms with Gasteiger partial charge in [-0.1, -0.05) is 30.9 Å². The molecule has 1 heterocycles. The fourth-order valence-corrected chi connectivity index (χ4v) is 4.39. The molecule has 0 atom stereocenters. The van der Waals surface area contributed by atoms with Crippen molar-refractivity contribution in [3.63, 3.8) is 0 Å². The van der Waals surface area contributed by atoms with Crippen LogP contribution < -0.4 is 15.4 Å². The normalized spacial score (nSPS) is 20.4. The molecule has 2 N–H and O–H groups in total. The molecule has 6 heteroatoms. The molecule has 3 rings (SSSR count). The van der Waals surface area contributed by atoms with E-state index in [4.69, 9.17) is 16.3 Å². The van der Waals surface area contributed by atoms with Crippen LogP contribution in [-0.2, 0) is 0 Å². The number of carbonyl (C=O) groups excluding carboxylic acids is 1. The maximum Gasteiger partial charge on any atom is 0.251 e. The van der Waals surface area contributed by atoms with Crippen LogP contribution in [0, 0.1) is 0 Å². The second-order valence-corrected chi connectivity index (χ2v) is 8.48. The first-order valence-electron chi connectivity index (χ1n) is 10.1. The van der Waals surface area contributed by atoms with E-state index in [-0.39, 0.29) is 17.6 Å². The third-order valence-electron chi connectivity index (χ3n) is 6.08. The summed E-state index contributed by atoms with van der Waals surface area (Å²) in [7, 11) is 4.22. The lowest BCUT2D eigenvalue weighted by molar-refractivity contribution is 0.0799. The fraction of sp³-hybridized carbons (Fsp3) is 0.667. The monoisotopic (exact) mass is 393 g/mol. The lowest BCUT2D eigenvalue weighted by atomic mass is 9.80. The number of likely N-dealkylation sites (N-methyl/N-ethyl adjacent to an activating group) is 1. The Labute approximate surface area is 167 Å². The summed E-state index contributed by atoms with van der Waals surface area (Å²) in [6, 6.07) is 5.35. The Morgan fingerprint density at radius 3 is 2.59 bits per heavy atom. The SMILES string of the molecule is CN(C)C1(CNC(=O)c2ccc(OC3CCNCC3)c(Cl)c2)CCCCC1. The highest BCUT2D eigenvalue weighted by Crippen LogP contribution is 2.32. The lowest BCUT2D eigenvalue weighted by Crippen LogP contribution is -2.53. The fourth-order valence-electron chi connectivity index (χ4n) is 4.17. The van der Waals surface area contributed by atoms with Crippen LogP contribution in [0.25, 0.3) is 0 Å². The number of amides is 1. The number of hydrogen-bond acceptors (Lipinski definition) is 4. The average molecular weight is 394 g/mol. The highest BCUT2D eigenvalue weighted by Gasteiger charge is 2.34. The molecule has 0 spiro atoms. The van der Waals surface area contributed by atoms with Crippen LogP contribution in [0.3, 0.4) is 0 Å². The van der Waals surface area contributed by atoms with E-state index in [1.54, 1.807) is 12.1 Å². The molecular formula is C21H32ClN3O2. The number of hydrogen-bond donors (Lipinski definition) is 2. The molecule has 0 unspecified atom stereocenters. The number of benzene rings is 1. The number of piperidine rings is 1. The number of nitrogens with one attached hydrogen (secondary N) is 2. The van der Waals surface area contributed by atoms with Gasteiger partial charge in [0, 0.05) is 17.6 Å². The van der Waals surface area contributed by atoms with E-state index < -0.39 is 0 Å². The number of nitrogens with zero attached hydrogens (tertiary/aromatic N) is 1. The van der Waals surface area contributed by atoms with Gasteiger partial charge >= 0.3 is 0 Å². The van der Waals surface area contributed by atoms with Crippen molar-refractivity contribution in [3.8, 4) is 5.75 Å². The molecule has 2 fully saturated rings. The topological polar surface area (TPSA) is 53.6 Å². The molecule has 1 aliphatic heterocycles. The van der Waals surface area contributed by atoms with Gasteiger partial charge < -0.3 is 20.3 Å². The number of carbonyl (C=O) groups is 1. The van der Waals surface area contributed by atoms with E-state index in [0.29, 0.717) is 22.9 Å². The van der Waals surface area contributed by atoms with Crippen molar-refractivity contribution < 1.29 is 9.53 Å². The van der Waals surface area contributed by atoms with Gasteiger partial charge in [0.15, 0.2) is 0 Å². The molecule has 5 nitrogen and oxygen atoms in total. The first-order valence-corrected chi connectivity index (χ1v) is 10.5. The quantitative estimate of drug-likeness (QED) is 0.777. The third-order valence-corrected chi connectivity index (χ3v) is 6.38. The zero-order chi connectivity index (χ0) is 19.3. The smallest absolute Gasteiger partial charge is 0.251 e. The van der Waals surface area contributed by atoms with Crippen LogP contribution in [-0.4, -0.2) is 56.2 Å². The van der Waals surface area contributed by atoms with Gasteiger partial charge in [-0.05, 0) is 71.1 Å². The predicted octanol–water partition coefficient (Wildman–Crippen LogP) is 3.47. The Morgan fingerprint density at radius 2 is 1.96 bits per heavy atom. The van der Waals surface area contributed by atoms with Crippen molar-refractivity contribution in [2.75, 3.05) is 33.7 Å². The molecule has 1 aromatic carbocycles. The highest BCUT2D eigenvalue weighted by atomic mass is 35.5. The Bertz CT molecular complexity index is 638. The first kappa shape index (κ1) is 20.4. The van der Waals surface area contributed by atoms with Gasteiger partial charge in [-0.2, -0.15) is 0 Å². The van der Waals surface area contributed by atoms with E-state index in [1.165, 1.54) is 19.3 Å². The Morgan fingerprint density at radius 1 is 1.26 bits per heavy atom. The summed E-state index contributed by atoms with van der Waals surface area (Å²) < 4.78 is 6.01. The molecule has 0 aromatic heterocycles. The molecule has 27 heavy (non-hydrogen) atoms. The van der Waals surface area contributed by atoms with E-state index >= 15 is 0 Å². The second-order valence-electron chi connectivity index (χ2n) is 8.07. The van der Waals surface area contributed by atoms with Gasteiger partial charge in [0.25, 0.3) is 5.91 Å². The van der Waals surface area contributed by atoms with Gasteiger partial charge in [0.05, 0.1) is 5.02 Å². The van der Waals surface area contributed by atoms with Crippen molar-refractivity contribution in [1.29, 1.82) is 0 Å². The summed E-state index contributed by atoms with van der Waals surface area (Å²) in [4.78, 5) is 14.9.